The number of fused-ring (bicyclic) bond motifs is 1. The molecule has 120 valence electrons. The summed E-state index contributed by atoms with van der Waals surface area (Å²) >= 11 is 2.30. The van der Waals surface area contributed by atoms with Gasteiger partial charge in [0.2, 0.25) is 0 Å². The van der Waals surface area contributed by atoms with Crippen molar-refractivity contribution >= 4 is 22.6 Å². The highest BCUT2D eigenvalue weighted by Gasteiger charge is 2.45. The van der Waals surface area contributed by atoms with E-state index in [1.807, 2.05) is 6.08 Å². The van der Waals surface area contributed by atoms with Gasteiger partial charge in [0.25, 0.3) is 0 Å². The van der Waals surface area contributed by atoms with E-state index in [4.69, 9.17) is 9.47 Å². The molecule has 2 atom stereocenters. The lowest BCUT2D eigenvalue weighted by molar-refractivity contribution is 0.181. The molecule has 5 heteroatoms. The molecule has 1 saturated heterocycles. The second-order valence-electron chi connectivity index (χ2n) is 6.11. The molecule has 1 aliphatic heterocycles. The van der Waals surface area contributed by atoms with E-state index in [-0.39, 0.29) is 11.5 Å². The van der Waals surface area contributed by atoms with Gasteiger partial charge < -0.3 is 19.5 Å². The number of allylic oxidation sites excluding steroid dienone is 1. The minimum atomic E-state index is -0.331. The number of likely N-dealkylation sites (tertiary alicyclic amines) is 1. The van der Waals surface area contributed by atoms with Crippen LogP contribution in [0.5, 0.6) is 11.5 Å². The van der Waals surface area contributed by atoms with Gasteiger partial charge in [0, 0.05) is 24.7 Å². The molecular formula is C17H22INO3. The predicted octanol–water partition coefficient (Wildman–Crippen LogP) is 2.92. The molecule has 0 radical (unpaired) electrons. The van der Waals surface area contributed by atoms with Gasteiger partial charge in [-0.25, -0.2) is 0 Å². The molecule has 1 heterocycles. The van der Waals surface area contributed by atoms with Gasteiger partial charge in [-0.15, -0.1) is 0 Å². The number of hydrogen-bond donors (Lipinski definition) is 1. The van der Waals surface area contributed by atoms with E-state index in [0.717, 1.165) is 40.9 Å². The van der Waals surface area contributed by atoms with E-state index in [1.165, 1.54) is 11.3 Å². The summed E-state index contributed by atoms with van der Waals surface area (Å²) in [7, 11) is 5.46. The first-order valence-electron chi connectivity index (χ1n) is 7.55. The maximum absolute atomic E-state index is 10.0. The number of likely N-dealkylation sites (N-methyl/N-ethyl adjacent to an activating group) is 1. The molecule has 0 bridgehead atoms. The van der Waals surface area contributed by atoms with Crippen LogP contribution in [0.1, 0.15) is 24.8 Å². The zero-order valence-electron chi connectivity index (χ0n) is 13.2. The molecule has 1 aromatic carbocycles. The first-order valence-corrected chi connectivity index (χ1v) is 8.63. The van der Waals surface area contributed by atoms with Crippen molar-refractivity contribution in [1.29, 1.82) is 0 Å². The number of nitrogens with zero attached hydrogens (tertiary/aromatic N) is 1. The summed E-state index contributed by atoms with van der Waals surface area (Å²) in [5.74, 6) is 1.56. The summed E-state index contributed by atoms with van der Waals surface area (Å²) in [6.45, 7) is 1.02. The number of methoxy groups -OCH3 is 2. The topological polar surface area (TPSA) is 41.9 Å². The summed E-state index contributed by atoms with van der Waals surface area (Å²) in [6.07, 6.45) is 4.55. The fourth-order valence-corrected chi connectivity index (χ4v) is 4.62. The third-order valence-electron chi connectivity index (χ3n) is 4.98. The Balaban J connectivity index is 2.14. The molecular weight excluding hydrogens is 393 g/mol. The zero-order valence-corrected chi connectivity index (χ0v) is 15.4. The van der Waals surface area contributed by atoms with Crippen LogP contribution >= 0.6 is 22.6 Å². The van der Waals surface area contributed by atoms with E-state index in [1.54, 1.807) is 14.2 Å². The van der Waals surface area contributed by atoms with Crippen LogP contribution in [0.2, 0.25) is 0 Å². The minimum absolute atomic E-state index is 0.00650. The first-order chi connectivity index (χ1) is 10.5. The maximum Gasteiger partial charge on any atom is 0.174 e. The predicted molar refractivity (Wildman–Crippen MR) is 94.5 cm³/mol. The molecule has 1 aliphatic carbocycles. The van der Waals surface area contributed by atoms with Crippen molar-refractivity contribution in [3.8, 4) is 11.5 Å². The van der Waals surface area contributed by atoms with E-state index >= 15 is 0 Å². The second-order valence-corrected chi connectivity index (χ2v) is 7.27. The summed E-state index contributed by atoms with van der Waals surface area (Å²) < 4.78 is 12.0. The van der Waals surface area contributed by atoms with Gasteiger partial charge in [-0.3, -0.25) is 0 Å². The van der Waals surface area contributed by atoms with Crippen LogP contribution in [0.15, 0.2) is 23.9 Å². The van der Waals surface area contributed by atoms with Crippen LogP contribution in [-0.4, -0.2) is 43.9 Å². The summed E-state index contributed by atoms with van der Waals surface area (Å²) in [5, 5.41) is 10.0. The van der Waals surface area contributed by atoms with Crippen LogP contribution in [0.4, 0.5) is 0 Å². The monoisotopic (exact) mass is 415 g/mol. The molecule has 22 heavy (non-hydrogen) atoms. The molecule has 3 rings (SSSR count). The Bertz CT molecular complexity index is 616. The third kappa shape index (κ3) is 2.38. The number of benzene rings is 1. The van der Waals surface area contributed by atoms with Crippen molar-refractivity contribution in [2.45, 2.75) is 30.8 Å². The van der Waals surface area contributed by atoms with E-state index in [2.05, 4.69) is 46.7 Å². The summed E-state index contributed by atoms with van der Waals surface area (Å²) in [6, 6.07) is 4.30. The Morgan fingerprint density at radius 2 is 2.05 bits per heavy atom. The van der Waals surface area contributed by atoms with Crippen LogP contribution in [-0.2, 0) is 5.41 Å². The van der Waals surface area contributed by atoms with Crippen molar-refractivity contribution in [1.82, 2.24) is 4.90 Å². The number of hydrogen-bond acceptors (Lipinski definition) is 4. The number of ether oxygens (including phenoxy) is 2. The molecule has 0 aromatic heterocycles. The van der Waals surface area contributed by atoms with Crippen molar-refractivity contribution in [3.05, 3.63) is 33.0 Å². The number of aliphatic hydroxyl groups is 1. The van der Waals surface area contributed by atoms with Gasteiger partial charge in [0.1, 0.15) is 0 Å². The van der Waals surface area contributed by atoms with Crippen LogP contribution in [0.25, 0.3) is 0 Å². The SMILES string of the molecule is COc1cc([C@@]23CC[C@@H](O)C=C2N(C)CC3)cc(I)c1OC. The van der Waals surface area contributed by atoms with Gasteiger partial charge in [-0.05, 0) is 65.6 Å². The lowest BCUT2D eigenvalue weighted by Crippen LogP contribution is -2.33. The van der Waals surface area contributed by atoms with Crippen molar-refractivity contribution < 1.29 is 14.6 Å². The first kappa shape index (κ1) is 15.9. The standard InChI is InChI=1S/C17H22INO3/c1-19-7-6-17(5-4-12(20)10-15(17)19)11-8-13(18)16(22-3)14(9-11)21-2/h8-10,12,20H,4-7H2,1-3H3/t12-,17+/m1/s1. The van der Waals surface area contributed by atoms with E-state index in [0.29, 0.717) is 0 Å². The smallest absolute Gasteiger partial charge is 0.174 e. The molecule has 1 aromatic rings. The second kappa shape index (κ2) is 5.92. The normalized spacial score (nSPS) is 27.4. The highest BCUT2D eigenvalue weighted by molar-refractivity contribution is 14.1. The molecule has 0 spiro atoms. The maximum atomic E-state index is 10.0. The quantitative estimate of drug-likeness (QED) is 0.772. The highest BCUT2D eigenvalue weighted by atomic mass is 127. The zero-order chi connectivity index (χ0) is 15.9. The Hall–Kier alpha value is -0.950. The Labute approximate surface area is 145 Å². The van der Waals surface area contributed by atoms with Gasteiger partial charge >= 0.3 is 0 Å². The average Bonchev–Trinajstić information content (AvgIpc) is 2.84. The number of rotatable bonds is 3. The van der Waals surface area contributed by atoms with E-state index in [9.17, 15) is 5.11 Å². The van der Waals surface area contributed by atoms with Crippen molar-refractivity contribution in [2.24, 2.45) is 0 Å². The van der Waals surface area contributed by atoms with Crippen molar-refractivity contribution in [2.75, 3.05) is 27.8 Å². The van der Waals surface area contributed by atoms with Gasteiger partial charge in [0.05, 0.1) is 23.9 Å². The average molecular weight is 415 g/mol. The molecule has 1 N–H and O–H groups in total. The minimum Gasteiger partial charge on any atom is -0.493 e. The molecule has 0 amide bonds. The molecule has 1 fully saturated rings. The van der Waals surface area contributed by atoms with Crippen molar-refractivity contribution in [3.63, 3.8) is 0 Å². The van der Waals surface area contributed by atoms with Gasteiger partial charge in [0.15, 0.2) is 11.5 Å². The molecule has 2 aliphatic rings. The van der Waals surface area contributed by atoms with Crippen LogP contribution in [0, 0.1) is 3.57 Å². The number of aliphatic hydroxyl groups excluding tert-OH is 1. The molecule has 0 unspecified atom stereocenters. The van der Waals surface area contributed by atoms with Gasteiger partial charge in [-0.1, -0.05) is 0 Å². The summed E-state index contributed by atoms with van der Waals surface area (Å²) in [5.41, 5.74) is 2.50. The molecule has 4 nitrogen and oxygen atoms in total. The third-order valence-corrected chi connectivity index (χ3v) is 5.78. The van der Waals surface area contributed by atoms with E-state index < -0.39 is 0 Å². The number of halogens is 1. The lowest BCUT2D eigenvalue weighted by atomic mass is 9.70. The van der Waals surface area contributed by atoms with Crippen LogP contribution < -0.4 is 9.47 Å². The Morgan fingerprint density at radius 1 is 1.27 bits per heavy atom. The fourth-order valence-electron chi connectivity index (χ4n) is 3.80. The Morgan fingerprint density at radius 3 is 2.73 bits per heavy atom. The lowest BCUT2D eigenvalue weighted by Gasteiger charge is -2.37. The summed E-state index contributed by atoms with van der Waals surface area (Å²) in [4.78, 5) is 2.27. The van der Waals surface area contributed by atoms with Gasteiger partial charge in [-0.2, -0.15) is 0 Å². The molecule has 0 saturated carbocycles. The largest absolute Gasteiger partial charge is 0.493 e. The fraction of sp³-hybridized carbons (Fsp3) is 0.529. The van der Waals surface area contributed by atoms with Crippen LogP contribution in [0.3, 0.4) is 0 Å². The highest BCUT2D eigenvalue weighted by Crippen LogP contribution is 2.50. The Kier molecular flexibility index (Phi) is 4.29.